The van der Waals surface area contributed by atoms with Crippen molar-refractivity contribution in [2.24, 2.45) is 5.92 Å². The monoisotopic (exact) mass is 196 g/mol. The van der Waals surface area contributed by atoms with Gasteiger partial charge in [-0.05, 0) is 52.7 Å². The second-order valence-electron chi connectivity index (χ2n) is 4.67. The lowest BCUT2D eigenvalue weighted by Gasteiger charge is -2.19. The fraction of sp³-hybridized carbons (Fsp3) is 0.833. The standard InChI is InChI=1S/C12H24N2/c1-11(10-14(2)3)13-9-8-12-6-4-5-7-12/h4,6,11-13H,5,7-10H2,1-3H3. The molecule has 0 saturated carbocycles. The molecule has 0 heterocycles. The topological polar surface area (TPSA) is 15.3 Å². The summed E-state index contributed by atoms with van der Waals surface area (Å²) in [7, 11) is 4.25. The normalized spacial score (nSPS) is 23.3. The Morgan fingerprint density at radius 1 is 1.50 bits per heavy atom. The number of allylic oxidation sites excluding steroid dienone is 2. The Bertz CT molecular complexity index is 175. The van der Waals surface area contributed by atoms with Gasteiger partial charge >= 0.3 is 0 Å². The van der Waals surface area contributed by atoms with Gasteiger partial charge in [0.25, 0.3) is 0 Å². The van der Waals surface area contributed by atoms with Crippen molar-refractivity contribution in [2.45, 2.75) is 32.2 Å². The zero-order chi connectivity index (χ0) is 10.4. The minimum atomic E-state index is 0.607. The Morgan fingerprint density at radius 3 is 2.86 bits per heavy atom. The van der Waals surface area contributed by atoms with Crippen molar-refractivity contribution in [2.75, 3.05) is 27.2 Å². The summed E-state index contributed by atoms with van der Waals surface area (Å²) in [6.45, 7) is 4.54. The van der Waals surface area contributed by atoms with Crippen molar-refractivity contribution in [3.63, 3.8) is 0 Å². The van der Waals surface area contributed by atoms with Crippen LogP contribution in [0.5, 0.6) is 0 Å². The quantitative estimate of drug-likeness (QED) is 0.653. The zero-order valence-electron chi connectivity index (χ0n) is 9.79. The van der Waals surface area contributed by atoms with E-state index in [4.69, 9.17) is 0 Å². The highest BCUT2D eigenvalue weighted by molar-refractivity contribution is 4.96. The molecule has 0 aromatic carbocycles. The van der Waals surface area contributed by atoms with Crippen LogP contribution < -0.4 is 5.32 Å². The minimum Gasteiger partial charge on any atom is -0.313 e. The molecule has 1 aliphatic carbocycles. The summed E-state index contributed by atoms with van der Waals surface area (Å²) in [5.41, 5.74) is 0. The molecule has 2 heteroatoms. The van der Waals surface area contributed by atoms with Crippen LogP contribution in [0.1, 0.15) is 26.2 Å². The molecule has 0 radical (unpaired) electrons. The van der Waals surface area contributed by atoms with E-state index in [2.05, 4.69) is 43.4 Å². The molecule has 1 N–H and O–H groups in total. The first kappa shape index (κ1) is 11.7. The number of likely N-dealkylation sites (N-methyl/N-ethyl adjacent to an activating group) is 1. The van der Waals surface area contributed by atoms with Crippen LogP contribution in [-0.2, 0) is 0 Å². The Kier molecular flexibility index (Phi) is 5.20. The highest BCUT2D eigenvalue weighted by atomic mass is 15.1. The average Bonchev–Trinajstić information content (AvgIpc) is 2.55. The molecule has 0 aromatic rings. The number of rotatable bonds is 6. The molecule has 0 amide bonds. The SMILES string of the molecule is CC(CN(C)C)NCCC1C=CCC1. The van der Waals surface area contributed by atoms with Gasteiger partial charge in [-0.1, -0.05) is 12.2 Å². The molecule has 0 saturated heterocycles. The van der Waals surface area contributed by atoms with Gasteiger partial charge in [-0.15, -0.1) is 0 Å². The molecular formula is C12H24N2. The Balaban J connectivity index is 1.99. The summed E-state index contributed by atoms with van der Waals surface area (Å²) < 4.78 is 0. The predicted octanol–water partition coefficient (Wildman–Crippen LogP) is 1.88. The molecule has 0 aliphatic heterocycles. The summed E-state index contributed by atoms with van der Waals surface area (Å²) in [6.07, 6.45) is 8.64. The van der Waals surface area contributed by atoms with E-state index in [0.717, 1.165) is 19.0 Å². The van der Waals surface area contributed by atoms with E-state index >= 15 is 0 Å². The van der Waals surface area contributed by atoms with E-state index in [0.29, 0.717) is 6.04 Å². The lowest BCUT2D eigenvalue weighted by molar-refractivity contribution is 0.345. The molecule has 0 spiro atoms. The fourth-order valence-corrected chi connectivity index (χ4v) is 2.06. The van der Waals surface area contributed by atoms with Crippen molar-refractivity contribution in [1.82, 2.24) is 10.2 Å². The van der Waals surface area contributed by atoms with Crippen LogP contribution >= 0.6 is 0 Å². The van der Waals surface area contributed by atoms with Gasteiger partial charge in [-0.2, -0.15) is 0 Å². The molecule has 82 valence electrons. The van der Waals surface area contributed by atoms with Gasteiger partial charge < -0.3 is 10.2 Å². The number of hydrogen-bond acceptors (Lipinski definition) is 2. The first-order valence-electron chi connectivity index (χ1n) is 5.73. The maximum atomic E-state index is 3.57. The van der Waals surface area contributed by atoms with Gasteiger partial charge in [0, 0.05) is 12.6 Å². The van der Waals surface area contributed by atoms with E-state index in [1.165, 1.54) is 19.3 Å². The third-order valence-electron chi connectivity index (χ3n) is 2.76. The fourth-order valence-electron chi connectivity index (χ4n) is 2.06. The predicted molar refractivity (Wildman–Crippen MR) is 62.5 cm³/mol. The second-order valence-corrected chi connectivity index (χ2v) is 4.67. The maximum absolute atomic E-state index is 3.57. The molecule has 2 atom stereocenters. The summed E-state index contributed by atoms with van der Waals surface area (Å²) in [5.74, 6) is 0.842. The number of nitrogens with zero attached hydrogens (tertiary/aromatic N) is 1. The van der Waals surface area contributed by atoms with E-state index in [-0.39, 0.29) is 0 Å². The van der Waals surface area contributed by atoms with Gasteiger partial charge in [0.05, 0.1) is 0 Å². The zero-order valence-corrected chi connectivity index (χ0v) is 9.79. The molecular weight excluding hydrogens is 172 g/mol. The van der Waals surface area contributed by atoms with Gasteiger partial charge in [0.2, 0.25) is 0 Å². The lowest BCUT2D eigenvalue weighted by atomic mass is 10.1. The maximum Gasteiger partial charge on any atom is 0.0166 e. The Labute approximate surface area is 88.4 Å². The van der Waals surface area contributed by atoms with E-state index in [9.17, 15) is 0 Å². The molecule has 2 nitrogen and oxygen atoms in total. The van der Waals surface area contributed by atoms with Crippen LogP contribution in [0.3, 0.4) is 0 Å². The van der Waals surface area contributed by atoms with Crippen molar-refractivity contribution in [1.29, 1.82) is 0 Å². The molecule has 0 bridgehead atoms. The van der Waals surface area contributed by atoms with Crippen LogP contribution in [0.4, 0.5) is 0 Å². The molecule has 0 aromatic heterocycles. The van der Waals surface area contributed by atoms with Gasteiger partial charge in [-0.25, -0.2) is 0 Å². The molecule has 0 fully saturated rings. The van der Waals surface area contributed by atoms with Gasteiger partial charge in [-0.3, -0.25) is 0 Å². The van der Waals surface area contributed by atoms with Crippen LogP contribution in [-0.4, -0.2) is 38.1 Å². The van der Waals surface area contributed by atoms with E-state index in [1.54, 1.807) is 0 Å². The lowest BCUT2D eigenvalue weighted by Crippen LogP contribution is -2.36. The Morgan fingerprint density at radius 2 is 2.29 bits per heavy atom. The van der Waals surface area contributed by atoms with Crippen LogP contribution in [0.25, 0.3) is 0 Å². The van der Waals surface area contributed by atoms with Gasteiger partial charge in [0.15, 0.2) is 0 Å². The van der Waals surface area contributed by atoms with E-state index in [1.807, 2.05) is 0 Å². The van der Waals surface area contributed by atoms with Crippen LogP contribution in [0.15, 0.2) is 12.2 Å². The van der Waals surface area contributed by atoms with Crippen LogP contribution in [0, 0.1) is 5.92 Å². The number of hydrogen-bond donors (Lipinski definition) is 1. The summed E-state index contributed by atoms with van der Waals surface area (Å²) >= 11 is 0. The minimum absolute atomic E-state index is 0.607. The summed E-state index contributed by atoms with van der Waals surface area (Å²) in [6, 6.07) is 0.607. The molecule has 1 aliphatic rings. The van der Waals surface area contributed by atoms with Crippen LogP contribution in [0.2, 0.25) is 0 Å². The van der Waals surface area contributed by atoms with Gasteiger partial charge in [0.1, 0.15) is 0 Å². The van der Waals surface area contributed by atoms with Crippen molar-refractivity contribution in [3.8, 4) is 0 Å². The third kappa shape index (κ3) is 4.77. The highest BCUT2D eigenvalue weighted by Crippen LogP contribution is 2.19. The van der Waals surface area contributed by atoms with Crippen molar-refractivity contribution < 1.29 is 0 Å². The highest BCUT2D eigenvalue weighted by Gasteiger charge is 2.09. The smallest absolute Gasteiger partial charge is 0.0166 e. The largest absolute Gasteiger partial charge is 0.313 e. The van der Waals surface area contributed by atoms with Crippen molar-refractivity contribution in [3.05, 3.63) is 12.2 Å². The number of nitrogens with one attached hydrogen (secondary N) is 1. The molecule has 1 rings (SSSR count). The molecule has 2 unspecified atom stereocenters. The average molecular weight is 196 g/mol. The third-order valence-corrected chi connectivity index (χ3v) is 2.76. The Hall–Kier alpha value is -0.340. The molecule has 14 heavy (non-hydrogen) atoms. The van der Waals surface area contributed by atoms with Crippen molar-refractivity contribution >= 4 is 0 Å². The first-order valence-corrected chi connectivity index (χ1v) is 5.73. The first-order chi connectivity index (χ1) is 6.68. The second kappa shape index (κ2) is 6.20. The summed E-state index contributed by atoms with van der Waals surface area (Å²) in [5, 5.41) is 3.57. The van der Waals surface area contributed by atoms with E-state index < -0.39 is 0 Å². The summed E-state index contributed by atoms with van der Waals surface area (Å²) in [4.78, 5) is 2.23.